The van der Waals surface area contributed by atoms with E-state index >= 15 is 0 Å². The second-order valence-electron chi connectivity index (χ2n) is 6.49. The van der Waals surface area contributed by atoms with Gasteiger partial charge in [0, 0.05) is 29.7 Å². The summed E-state index contributed by atoms with van der Waals surface area (Å²) in [4.78, 5) is 4.42. The molecule has 5 heteroatoms. The van der Waals surface area contributed by atoms with Crippen molar-refractivity contribution in [3.05, 3.63) is 96.1 Å². The summed E-state index contributed by atoms with van der Waals surface area (Å²) in [7, 11) is 0. The summed E-state index contributed by atoms with van der Waals surface area (Å²) in [6.45, 7) is 2.08. The van der Waals surface area contributed by atoms with E-state index in [2.05, 4.69) is 11.9 Å². The lowest BCUT2D eigenvalue weighted by Crippen LogP contribution is -1.99. The van der Waals surface area contributed by atoms with Gasteiger partial charge in [-0.25, -0.2) is 18.2 Å². The highest BCUT2D eigenvalue weighted by Crippen LogP contribution is 2.34. The van der Waals surface area contributed by atoms with Gasteiger partial charge in [0.15, 0.2) is 0 Å². The molecular formula is C23H17F3N2. The minimum Gasteiger partial charge on any atom is -0.300 e. The fourth-order valence-electron chi connectivity index (χ4n) is 3.26. The van der Waals surface area contributed by atoms with E-state index in [1.165, 1.54) is 29.8 Å². The predicted octanol–water partition coefficient (Wildman–Crippen LogP) is 6.19. The van der Waals surface area contributed by atoms with E-state index in [0.717, 1.165) is 18.2 Å². The topological polar surface area (TPSA) is 17.8 Å². The Hall–Kier alpha value is -3.34. The van der Waals surface area contributed by atoms with Gasteiger partial charge in [0.1, 0.15) is 23.3 Å². The molecule has 0 aliphatic carbocycles. The van der Waals surface area contributed by atoms with Gasteiger partial charge in [-0.15, -0.1) is 0 Å². The first-order chi connectivity index (χ1) is 13.5. The summed E-state index contributed by atoms with van der Waals surface area (Å²) in [6, 6.07) is 15.3. The average molecular weight is 378 g/mol. The number of hydrogen-bond acceptors (Lipinski definition) is 1. The van der Waals surface area contributed by atoms with Crippen LogP contribution in [0.3, 0.4) is 0 Å². The smallest absolute Gasteiger partial charge is 0.145 e. The minimum atomic E-state index is -0.719. The fourth-order valence-corrected chi connectivity index (χ4v) is 3.26. The summed E-state index contributed by atoms with van der Waals surface area (Å²) >= 11 is 0. The van der Waals surface area contributed by atoms with Crippen LogP contribution in [-0.2, 0) is 6.42 Å². The van der Waals surface area contributed by atoms with E-state index in [0.29, 0.717) is 17.0 Å². The van der Waals surface area contributed by atoms with Gasteiger partial charge in [0.05, 0.1) is 0 Å². The summed E-state index contributed by atoms with van der Waals surface area (Å²) in [5.74, 6) is -1.37. The molecular weight excluding hydrogens is 361 g/mol. The summed E-state index contributed by atoms with van der Waals surface area (Å²) in [6.07, 6.45) is 4.38. The van der Waals surface area contributed by atoms with E-state index in [1.54, 1.807) is 18.5 Å². The Bertz CT molecular complexity index is 1110. The highest BCUT2D eigenvalue weighted by molar-refractivity contribution is 5.81. The Morgan fingerprint density at radius 2 is 1.50 bits per heavy atom. The second kappa shape index (κ2) is 7.35. The monoisotopic (exact) mass is 378 g/mol. The first-order valence-electron chi connectivity index (χ1n) is 8.94. The molecule has 0 unspecified atom stereocenters. The molecule has 2 nitrogen and oxygen atoms in total. The van der Waals surface area contributed by atoms with Gasteiger partial charge in [-0.1, -0.05) is 19.1 Å². The zero-order valence-corrected chi connectivity index (χ0v) is 15.2. The van der Waals surface area contributed by atoms with Crippen molar-refractivity contribution >= 4 is 0 Å². The molecule has 0 bridgehead atoms. The number of benzene rings is 3. The van der Waals surface area contributed by atoms with Crippen molar-refractivity contribution < 1.29 is 13.2 Å². The van der Waals surface area contributed by atoms with Gasteiger partial charge in [-0.3, -0.25) is 4.57 Å². The quantitative estimate of drug-likeness (QED) is 0.414. The third kappa shape index (κ3) is 3.43. The van der Waals surface area contributed by atoms with Gasteiger partial charge in [-0.05, 0) is 65.6 Å². The van der Waals surface area contributed by atoms with Crippen molar-refractivity contribution in [3.63, 3.8) is 0 Å². The molecule has 4 aromatic rings. The van der Waals surface area contributed by atoms with E-state index in [9.17, 15) is 13.2 Å². The molecule has 28 heavy (non-hydrogen) atoms. The number of imidazole rings is 1. The van der Waals surface area contributed by atoms with Crippen LogP contribution in [0.15, 0.2) is 73.1 Å². The molecule has 0 amide bonds. The van der Waals surface area contributed by atoms with Gasteiger partial charge < -0.3 is 0 Å². The molecule has 0 fully saturated rings. The van der Waals surface area contributed by atoms with Crippen LogP contribution in [0.4, 0.5) is 13.2 Å². The highest BCUT2D eigenvalue weighted by Gasteiger charge is 2.16. The number of aryl methyl sites for hydroxylation is 1. The van der Waals surface area contributed by atoms with Crippen LogP contribution in [0.1, 0.15) is 12.5 Å². The van der Waals surface area contributed by atoms with Gasteiger partial charge in [0.2, 0.25) is 0 Å². The molecule has 0 saturated heterocycles. The Balaban J connectivity index is 1.88. The zero-order valence-electron chi connectivity index (χ0n) is 15.2. The van der Waals surface area contributed by atoms with Crippen LogP contribution < -0.4 is 0 Å². The van der Waals surface area contributed by atoms with Crippen LogP contribution in [0, 0.1) is 17.5 Å². The highest BCUT2D eigenvalue weighted by atomic mass is 19.1. The van der Waals surface area contributed by atoms with Crippen LogP contribution in [0.5, 0.6) is 0 Å². The molecule has 0 atom stereocenters. The summed E-state index contributed by atoms with van der Waals surface area (Å²) in [5, 5.41) is 0. The maximum Gasteiger partial charge on any atom is 0.145 e. The van der Waals surface area contributed by atoms with Crippen molar-refractivity contribution in [2.45, 2.75) is 13.3 Å². The second-order valence-corrected chi connectivity index (χ2v) is 6.49. The molecule has 0 saturated carbocycles. The first-order valence-corrected chi connectivity index (χ1v) is 8.94. The van der Waals surface area contributed by atoms with Crippen LogP contribution in [0.2, 0.25) is 0 Å². The SMILES string of the molecule is CCc1ccc(-n2ccnc2-c2ccc(F)cc2-c2cc(F)cc(F)c2)cc1. The number of hydrogen-bond donors (Lipinski definition) is 0. The molecule has 0 radical (unpaired) electrons. The number of nitrogens with zero attached hydrogens (tertiary/aromatic N) is 2. The van der Waals surface area contributed by atoms with Crippen molar-refractivity contribution in [1.82, 2.24) is 9.55 Å². The Morgan fingerprint density at radius 1 is 0.786 bits per heavy atom. The zero-order chi connectivity index (χ0) is 19.7. The molecule has 4 rings (SSSR count). The van der Waals surface area contributed by atoms with Gasteiger partial charge in [0.25, 0.3) is 0 Å². The van der Waals surface area contributed by atoms with E-state index in [-0.39, 0.29) is 5.56 Å². The van der Waals surface area contributed by atoms with E-state index in [1.807, 2.05) is 28.8 Å². The van der Waals surface area contributed by atoms with Crippen molar-refractivity contribution in [1.29, 1.82) is 0 Å². The lowest BCUT2D eigenvalue weighted by atomic mass is 9.98. The largest absolute Gasteiger partial charge is 0.300 e. The van der Waals surface area contributed by atoms with E-state index in [4.69, 9.17) is 0 Å². The number of rotatable bonds is 4. The normalized spacial score (nSPS) is 11.0. The lowest BCUT2D eigenvalue weighted by Gasteiger charge is -2.13. The van der Waals surface area contributed by atoms with Crippen molar-refractivity contribution in [2.75, 3.05) is 0 Å². The number of aromatic nitrogens is 2. The standard InChI is InChI=1S/C23H17F3N2/c1-2-15-3-6-20(7-4-15)28-10-9-27-23(28)21-8-5-17(24)14-22(21)16-11-18(25)13-19(26)12-16/h3-14H,2H2,1H3. The Labute approximate surface area is 160 Å². The lowest BCUT2D eigenvalue weighted by molar-refractivity contribution is 0.584. The molecule has 3 aromatic carbocycles. The van der Waals surface area contributed by atoms with Crippen LogP contribution in [-0.4, -0.2) is 9.55 Å². The third-order valence-corrected chi connectivity index (χ3v) is 4.66. The summed E-state index contributed by atoms with van der Waals surface area (Å²) < 4.78 is 43.3. The van der Waals surface area contributed by atoms with Gasteiger partial charge >= 0.3 is 0 Å². The molecule has 0 aliphatic heterocycles. The third-order valence-electron chi connectivity index (χ3n) is 4.66. The molecule has 1 heterocycles. The predicted molar refractivity (Wildman–Crippen MR) is 104 cm³/mol. The van der Waals surface area contributed by atoms with E-state index < -0.39 is 17.5 Å². The fraction of sp³-hybridized carbons (Fsp3) is 0.0870. The Morgan fingerprint density at radius 3 is 2.18 bits per heavy atom. The minimum absolute atomic E-state index is 0.253. The maximum atomic E-state index is 14.0. The molecule has 0 spiro atoms. The first kappa shape index (κ1) is 18.0. The van der Waals surface area contributed by atoms with Gasteiger partial charge in [-0.2, -0.15) is 0 Å². The number of halogens is 3. The summed E-state index contributed by atoms with van der Waals surface area (Å²) in [5.41, 5.74) is 3.31. The molecule has 1 aromatic heterocycles. The maximum absolute atomic E-state index is 14.0. The average Bonchev–Trinajstić information content (AvgIpc) is 3.17. The molecule has 0 N–H and O–H groups in total. The van der Waals surface area contributed by atoms with Crippen LogP contribution >= 0.6 is 0 Å². The van der Waals surface area contributed by atoms with Crippen molar-refractivity contribution in [2.24, 2.45) is 0 Å². The molecule has 0 aliphatic rings. The van der Waals surface area contributed by atoms with Crippen molar-refractivity contribution in [3.8, 4) is 28.2 Å². The molecule has 140 valence electrons. The van der Waals surface area contributed by atoms with Crippen LogP contribution in [0.25, 0.3) is 28.2 Å². The Kier molecular flexibility index (Phi) is 4.74.